The van der Waals surface area contributed by atoms with E-state index in [0.717, 1.165) is 12.0 Å². The number of aliphatic hydroxyl groups excluding tert-OH is 1. The van der Waals surface area contributed by atoms with Crippen LogP contribution in [0.4, 0.5) is 0 Å². The number of hydrogen-bond donors (Lipinski definition) is 3. The zero-order chi connectivity index (χ0) is 12.0. The Morgan fingerprint density at radius 1 is 1.19 bits per heavy atom. The molecule has 88 valence electrons. The zero-order valence-electron chi connectivity index (χ0n) is 8.97. The fourth-order valence-electron chi connectivity index (χ4n) is 1.59. The molecule has 0 aliphatic carbocycles. The van der Waals surface area contributed by atoms with Gasteiger partial charge in [0.1, 0.15) is 0 Å². The number of carboxylic acid groups (broad SMARTS) is 1. The first-order valence-corrected chi connectivity index (χ1v) is 5.28. The lowest BCUT2D eigenvalue weighted by atomic mass is 10.0. The van der Waals surface area contributed by atoms with Crippen LogP contribution < -0.4 is 0 Å². The molecule has 1 aromatic carbocycles. The summed E-state index contributed by atoms with van der Waals surface area (Å²) in [7, 11) is 0. The third kappa shape index (κ3) is 4.00. The second-order valence-electron chi connectivity index (χ2n) is 3.69. The van der Waals surface area contributed by atoms with Gasteiger partial charge in [-0.3, -0.25) is 0 Å². The first-order valence-electron chi connectivity index (χ1n) is 5.28. The molecule has 1 rings (SSSR count). The summed E-state index contributed by atoms with van der Waals surface area (Å²) in [5, 5.41) is 26.2. The summed E-state index contributed by atoms with van der Waals surface area (Å²) in [5.74, 6) is -0.919. The largest absolute Gasteiger partial charge is 0.478 e. The van der Waals surface area contributed by atoms with E-state index in [1.807, 2.05) is 6.07 Å². The number of hydrogen-bond acceptors (Lipinski definition) is 3. The maximum absolute atomic E-state index is 10.9. The van der Waals surface area contributed by atoms with E-state index in [4.69, 9.17) is 15.3 Å². The molecule has 16 heavy (non-hydrogen) atoms. The van der Waals surface area contributed by atoms with Crippen molar-refractivity contribution in [1.82, 2.24) is 0 Å². The van der Waals surface area contributed by atoms with Gasteiger partial charge in [-0.15, -0.1) is 0 Å². The van der Waals surface area contributed by atoms with Gasteiger partial charge in [0, 0.05) is 0 Å². The Labute approximate surface area is 94.2 Å². The van der Waals surface area contributed by atoms with E-state index in [2.05, 4.69) is 0 Å². The Balaban J connectivity index is 2.50. The number of rotatable bonds is 6. The van der Waals surface area contributed by atoms with Gasteiger partial charge >= 0.3 is 5.97 Å². The van der Waals surface area contributed by atoms with Crippen molar-refractivity contribution in [2.45, 2.75) is 32.0 Å². The van der Waals surface area contributed by atoms with Crippen molar-refractivity contribution in [2.24, 2.45) is 0 Å². The summed E-state index contributed by atoms with van der Waals surface area (Å²) < 4.78 is 0. The lowest BCUT2D eigenvalue weighted by Crippen LogP contribution is -2.05. The molecule has 1 aromatic rings. The van der Waals surface area contributed by atoms with Gasteiger partial charge in [0.05, 0.1) is 5.56 Å². The van der Waals surface area contributed by atoms with Crippen molar-refractivity contribution >= 4 is 5.97 Å². The van der Waals surface area contributed by atoms with E-state index in [-0.39, 0.29) is 0 Å². The quantitative estimate of drug-likeness (QED) is 0.504. The number of unbranched alkanes of at least 4 members (excludes halogenated alkanes) is 1. The number of aryl methyl sites for hydroxylation is 1. The van der Waals surface area contributed by atoms with Crippen LogP contribution in [0.15, 0.2) is 24.3 Å². The van der Waals surface area contributed by atoms with Crippen LogP contribution in [0.3, 0.4) is 0 Å². The van der Waals surface area contributed by atoms with Crippen molar-refractivity contribution in [3.8, 4) is 0 Å². The Bertz CT molecular complexity index is 347. The summed E-state index contributed by atoms with van der Waals surface area (Å²) in [4.78, 5) is 10.9. The van der Waals surface area contributed by atoms with Gasteiger partial charge in [-0.1, -0.05) is 18.2 Å². The third-order valence-corrected chi connectivity index (χ3v) is 2.41. The third-order valence-electron chi connectivity index (χ3n) is 2.41. The van der Waals surface area contributed by atoms with Gasteiger partial charge < -0.3 is 15.3 Å². The minimum atomic E-state index is -1.27. The zero-order valence-corrected chi connectivity index (χ0v) is 8.97. The first kappa shape index (κ1) is 12.7. The molecule has 3 N–H and O–H groups in total. The number of benzene rings is 1. The van der Waals surface area contributed by atoms with Gasteiger partial charge in [0.15, 0.2) is 6.29 Å². The molecule has 0 fully saturated rings. The Morgan fingerprint density at radius 2 is 1.88 bits per heavy atom. The van der Waals surface area contributed by atoms with Crippen molar-refractivity contribution < 1.29 is 20.1 Å². The maximum atomic E-state index is 10.9. The molecule has 0 radical (unpaired) electrons. The molecule has 4 nitrogen and oxygen atoms in total. The van der Waals surface area contributed by atoms with Crippen LogP contribution >= 0.6 is 0 Å². The van der Waals surface area contributed by atoms with Gasteiger partial charge in [0.25, 0.3) is 0 Å². The molecule has 0 spiro atoms. The van der Waals surface area contributed by atoms with Crippen LogP contribution in [0.5, 0.6) is 0 Å². The fraction of sp³-hybridized carbons (Fsp3) is 0.417. The SMILES string of the molecule is O=C(O)c1ccccc1CCCCC(O)O. The Morgan fingerprint density at radius 3 is 2.50 bits per heavy atom. The van der Waals surface area contributed by atoms with Crippen molar-refractivity contribution in [1.29, 1.82) is 0 Å². The average molecular weight is 224 g/mol. The number of aliphatic hydroxyl groups is 2. The molecule has 0 unspecified atom stereocenters. The molecule has 0 aliphatic heterocycles. The lowest BCUT2D eigenvalue weighted by Gasteiger charge is -2.06. The summed E-state index contributed by atoms with van der Waals surface area (Å²) in [6.07, 6.45) is 1.13. The molecule has 0 aliphatic rings. The maximum Gasteiger partial charge on any atom is 0.335 e. The monoisotopic (exact) mass is 224 g/mol. The van der Waals surface area contributed by atoms with E-state index < -0.39 is 12.3 Å². The molecule has 0 heterocycles. The molecule has 0 aromatic heterocycles. The van der Waals surface area contributed by atoms with Crippen LogP contribution in [-0.2, 0) is 6.42 Å². The highest BCUT2D eigenvalue weighted by Crippen LogP contribution is 2.13. The van der Waals surface area contributed by atoms with Gasteiger partial charge in [0.2, 0.25) is 0 Å². The molecular weight excluding hydrogens is 208 g/mol. The van der Waals surface area contributed by atoms with Crippen molar-refractivity contribution in [3.05, 3.63) is 35.4 Å². The van der Waals surface area contributed by atoms with Crippen LogP contribution in [-0.4, -0.2) is 27.6 Å². The summed E-state index contributed by atoms with van der Waals surface area (Å²) in [6.45, 7) is 0. The van der Waals surface area contributed by atoms with Gasteiger partial charge in [-0.05, 0) is 37.3 Å². The highest BCUT2D eigenvalue weighted by atomic mass is 16.5. The molecule has 0 amide bonds. The molecule has 0 saturated carbocycles. The smallest absolute Gasteiger partial charge is 0.335 e. The topological polar surface area (TPSA) is 77.8 Å². The number of carbonyl (C=O) groups is 1. The van der Waals surface area contributed by atoms with E-state index >= 15 is 0 Å². The first-order chi connectivity index (χ1) is 7.61. The van der Waals surface area contributed by atoms with Gasteiger partial charge in [-0.25, -0.2) is 4.79 Å². The van der Waals surface area contributed by atoms with E-state index in [1.54, 1.807) is 18.2 Å². The molecule has 0 atom stereocenters. The highest BCUT2D eigenvalue weighted by Gasteiger charge is 2.08. The molecular formula is C12H16O4. The van der Waals surface area contributed by atoms with E-state index in [0.29, 0.717) is 24.8 Å². The van der Waals surface area contributed by atoms with Crippen LogP contribution in [0, 0.1) is 0 Å². The summed E-state index contributed by atoms with van der Waals surface area (Å²) >= 11 is 0. The predicted octanol–water partition coefficient (Wildman–Crippen LogP) is 1.41. The van der Waals surface area contributed by atoms with E-state index in [9.17, 15) is 4.79 Å². The fourth-order valence-corrected chi connectivity index (χ4v) is 1.59. The second kappa shape index (κ2) is 6.25. The Hall–Kier alpha value is -1.39. The minimum absolute atomic E-state index is 0.326. The number of carboxylic acids is 1. The van der Waals surface area contributed by atoms with Gasteiger partial charge in [-0.2, -0.15) is 0 Å². The van der Waals surface area contributed by atoms with Crippen molar-refractivity contribution in [3.63, 3.8) is 0 Å². The summed E-state index contributed by atoms with van der Waals surface area (Å²) in [5.41, 5.74) is 1.12. The summed E-state index contributed by atoms with van der Waals surface area (Å²) in [6, 6.07) is 6.88. The minimum Gasteiger partial charge on any atom is -0.478 e. The Kier molecular flexibility index (Phi) is 4.95. The standard InChI is InChI=1S/C12H16O4/c13-11(14)8-4-2-6-9-5-1-3-7-10(9)12(15)16/h1,3,5,7,11,13-14H,2,4,6,8H2,(H,15,16). The second-order valence-corrected chi connectivity index (χ2v) is 3.69. The van der Waals surface area contributed by atoms with Crippen LogP contribution in [0.25, 0.3) is 0 Å². The molecule has 0 bridgehead atoms. The normalized spacial score (nSPS) is 10.7. The molecule has 0 saturated heterocycles. The lowest BCUT2D eigenvalue weighted by molar-refractivity contribution is -0.0465. The van der Waals surface area contributed by atoms with Crippen molar-refractivity contribution in [2.75, 3.05) is 0 Å². The number of aromatic carboxylic acids is 1. The van der Waals surface area contributed by atoms with Crippen LogP contribution in [0.1, 0.15) is 35.2 Å². The van der Waals surface area contributed by atoms with E-state index in [1.165, 1.54) is 0 Å². The highest BCUT2D eigenvalue weighted by molar-refractivity contribution is 5.89. The van der Waals surface area contributed by atoms with Crippen LogP contribution in [0.2, 0.25) is 0 Å². The predicted molar refractivity (Wildman–Crippen MR) is 59.2 cm³/mol. The molecule has 4 heteroatoms. The average Bonchev–Trinajstić information content (AvgIpc) is 2.24.